The van der Waals surface area contributed by atoms with Crippen molar-refractivity contribution in [2.75, 3.05) is 0 Å². The average Bonchev–Trinajstić information content (AvgIpc) is 1.88. The molecule has 1 unspecified atom stereocenters. The Morgan fingerprint density at radius 1 is 1.90 bits per heavy atom. The molecule has 54 valence electrons. The van der Waals surface area contributed by atoms with Crippen molar-refractivity contribution in [3.8, 4) is 0 Å². The molecule has 0 aliphatic carbocycles. The topological polar surface area (TPSA) is 29.4 Å². The zero-order chi connectivity index (χ0) is 7.56. The fraction of sp³-hybridized carbons (Fsp3) is 0.429. The van der Waals surface area contributed by atoms with Crippen LogP contribution in [0.25, 0.3) is 0 Å². The Morgan fingerprint density at radius 2 is 2.60 bits per heavy atom. The molecule has 10 heavy (non-hydrogen) atoms. The summed E-state index contributed by atoms with van der Waals surface area (Å²) in [6, 6.07) is 0.291. The first-order chi connectivity index (χ1) is 4.70. The summed E-state index contributed by atoms with van der Waals surface area (Å²) in [5.41, 5.74) is 0.514. The van der Waals surface area contributed by atoms with Crippen LogP contribution in [0.15, 0.2) is 16.6 Å². The molecular formula is C7H8ClNO. The van der Waals surface area contributed by atoms with E-state index in [4.69, 9.17) is 11.6 Å². The maximum absolute atomic E-state index is 10.5. The molecule has 0 saturated carbocycles. The zero-order valence-corrected chi connectivity index (χ0v) is 6.43. The largest absolute Gasteiger partial charge is 0.289 e. The molecule has 2 nitrogen and oxygen atoms in total. The summed E-state index contributed by atoms with van der Waals surface area (Å²) < 4.78 is 0. The number of dihydropyridines is 1. The SMILES string of the molecule is CC1CC=C(C(=O)Cl)C=N1. The minimum Gasteiger partial charge on any atom is -0.289 e. The van der Waals surface area contributed by atoms with Crippen LogP contribution < -0.4 is 0 Å². The van der Waals surface area contributed by atoms with E-state index in [1.165, 1.54) is 6.21 Å². The van der Waals surface area contributed by atoms with E-state index in [1.54, 1.807) is 0 Å². The molecule has 0 saturated heterocycles. The van der Waals surface area contributed by atoms with Crippen LogP contribution in [0.5, 0.6) is 0 Å². The Labute approximate surface area is 64.6 Å². The van der Waals surface area contributed by atoms with Gasteiger partial charge in [-0.1, -0.05) is 6.08 Å². The number of hydrogen-bond donors (Lipinski definition) is 0. The Balaban J connectivity index is 2.67. The van der Waals surface area contributed by atoms with Crippen molar-refractivity contribution < 1.29 is 4.79 Å². The first kappa shape index (κ1) is 7.48. The van der Waals surface area contributed by atoms with Crippen molar-refractivity contribution in [1.82, 2.24) is 0 Å². The number of allylic oxidation sites excluding steroid dienone is 1. The van der Waals surface area contributed by atoms with Gasteiger partial charge in [-0.3, -0.25) is 9.79 Å². The van der Waals surface area contributed by atoms with E-state index in [2.05, 4.69) is 4.99 Å². The van der Waals surface area contributed by atoms with Crippen LogP contribution in [0, 0.1) is 0 Å². The summed E-state index contributed by atoms with van der Waals surface area (Å²) in [7, 11) is 0. The van der Waals surface area contributed by atoms with Crippen molar-refractivity contribution in [1.29, 1.82) is 0 Å². The van der Waals surface area contributed by atoms with E-state index in [1.807, 2.05) is 13.0 Å². The molecular weight excluding hydrogens is 150 g/mol. The van der Waals surface area contributed by atoms with Gasteiger partial charge < -0.3 is 0 Å². The van der Waals surface area contributed by atoms with Gasteiger partial charge in [0.15, 0.2) is 0 Å². The summed E-state index contributed by atoms with van der Waals surface area (Å²) in [5, 5.41) is -0.421. The highest BCUT2D eigenvalue weighted by molar-refractivity contribution is 6.70. The molecule has 0 aromatic rings. The minimum absolute atomic E-state index is 0.291. The van der Waals surface area contributed by atoms with Crippen LogP contribution in [-0.4, -0.2) is 17.5 Å². The first-order valence-corrected chi connectivity index (χ1v) is 3.51. The van der Waals surface area contributed by atoms with Crippen LogP contribution in [0.4, 0.5) is 0 Å². The van der Waals surface area contributed by atoms with E-state index in [0.717, 1.165) is 6.42 Å². The highest BCUT2D eigenvalue weighted by atomic mass is 35.5. The van der Waals surface area contributed by atoms with Crippen molar-refractivity contribution in [3.05, 3.63) is 11.6 Å². The second kappa shape index (κ2) is 2.97. The molecule has 0 aromatic carbocycles. The molecule has 1 rings (SSSR count). The maximum atomic E-state index is 10.5. The van der Waals surface area contributed by atoms with E-state index in [9.17, 15) is 4.79 Å². The van der Waals surface area contributed by atoms with Crippen LogP contribution in [0.1, 0.15) is 13.3 Å². The third-order valence-electron chi connectivity index (χ3n) is 1.37. The second-order valence-corrected chi connectivity index (χ2v) is 2.64. The zero-order valence-electron chi connectivity index (χ0n) is 5.67. The third kappa shape index (κ3) is 1.67. The molecule has 3 heteroatoms. The molecule has 0 aromatic heterocycles. The van der Waals surface area contributed by atoms with Gasteiger partial charge in [-0.05, 0) is 24.9 Å². The first-order valence-electron chi connectivity index (χ1n) is 3.13. The summed E-state index contributed by atoms with van der Waals surface area (Å²) >= 11 is 5.21. The van der Waals surface area contributed by atoms with Gasteiger partial charge in [0.2, 0.25) is 0 Å². The van der Waals surface area contributed by atoms with Crippen LogP contribution >= 0.6 is 11.6 Å². The Kier molecular flexibility index (Phi) is 2.22. The van der Waals surface area contributed by atoms with Crippen molar-refractivity contribution in [3.63, 3.8) is 0 Å². The van der Waals surface area contributed by atoms with Gasteiger partial charge in [-0.2, -0.15) is 0 Å². The number of rotatable bonds is 1. The number of hydrogen-bond acceptors (Lipinski definition) is 2. The van der Waals surface area contributed by atoms with Gasteiger partial charge in [0, 0.05) is 11.8 Å². The van der Waals surface area contributed by atoms with Gasteiger partial charge in [-0.25, -0.2) is 0 Å². The van der Waals surface area contributed by atoms with Gasteiger partial charge in [0.1, 0.15) is 0 Å². The maximum Gasteiger partial charge on any atom is 0.253 e. The van der Waals surface area contributed by atoms with Gasteiger partial charge in [-0.15, -0.1) is 0 Å². The lowest BCUT2D eigenvalue weighted by Gasteiger charge is -2.07. The molecule has 0 fully saturated rings. The summed E-state index contributed by atoms with van der Waals surface area (Å²) in [4.78, 5) is 14.5. The molecule has 0 N–H and O–H groups in total. The molecule has 0 radical (unpaired) electrons. The monoisotopic (exact) mass is 157 g/mol. The lowest BCUT2D eigenvalue weighted by atomic mass is 10.1. The molecule has 0 bridgehead atoms. The second-order valence-electron chi connectivity index (χ2n) is 2.30. The van der Waals surface area contributed by atoms with Crippen LogP contribution in [0.3, 0.4) is 0 Å². The predicted octanol–water partition coefficient (Wildman–Crippen LogP) is 1.54. The van der Waals surface area contributed by atoms with E-state index >= 15 is 0 Å². The van der Waals surface area contributed by atoms with E-state index in [-0.39, 0.29) is 0 Å². The molecule has 1 atom stereocenters. The molecule has 1 heterocycles. The molecule has 0 spiro atoms. The van der Waals surface area contributed by atoms with Crippen LogP contribution in [-0.2, 0) is 4.79 Å². The van der Waals surface area contributed by atoms with E-state index < -0.39 is 5.24 Å². The Bertz CT molecular complexity index is 208. The molecule has 0 amide bonds. The predicted molar refractivity (Wildman–Crippen MR) is 41.5 cm³/mol. The Morgan fingerprint density at radius 3 is 3.00 bits per heavy atom. The smallest absolute Gasteiger partial charge is 0.253 e. The quantitative estimate of drug-likeness (QED) is 0.531. The van der Waals surface area contributed by atoms with Gasteiger partial charge >= 0.3 is 0 Å². The number of aliphatic imine (C=N–C) groups is 1. The van der Waals surface area contributed by atoms with Crippen molar-refractivity contribution >= 4 is 23.1 Å². The standard InChI is InChI=1S/C7H8ClNO/c1-5-2-3-6(4-9-5)7(8)10/h3-5H,2H2,1H3. The number of carbonyl (C=O) groups excluding carboxylic acids is 1. The minimum atomic E-state index is -0.421. The van der Waals surface area contributed by atoms with Gasteiger partial charge in [0.05, 0.1) is 6.04 Å². The fourth-order valence-electron chi connectivity index (χ4n) is 0.750. The highest BCUT2D eigenvalue weighted by Crippen LogP contribution is 2.09. The number of nitrogens with zero attached hydrogens (tertiary/aromatic N) is 1. The molecule has 1 aliphatic heterocycles. The fourth-order valence-corrected chi connectivity index (χ4v) is 0.876. The highest BCUT2D eigenvalue weighted by Gasteiger charge is 2.08. The van der Waals surface area contributed by atoms with Crippen molar-refractivity contribution in [2.45, 2.75) is 19.4 Å². The number of halogens is 1. The van der Waals surface area contributed by atoms with Gasteiger partial charge in [0.25, 0.3) is 5.24 Å². The third-order valence-corrected chi connectivity index (χ3v) is 1.59. The Hall–Kier alpha value is -0.630. The van der Waals surface area contributed by atoms with Crippen molar-refractivity contribution in [2.24, 2.45) is 4.99 Å². The number of carbonyl (C=O) groups is 1. The normalized spacial score (nSPS) is 24.2. The van der Waals surface area contributed by atoms with Crippen LogP contribution in [0.2, 0.25) is 0 Å². The lowest BCUT2D eigenvalue weighted by molar-refractivity contribution is -0.108. The summed E-state index contributed by atoms with van der Waals surface area (Å²) in [6.07, 6.45) is 4.15. The van der Waals surface area contributed by atoms with E-state index in [0.29, 0.717) is 11.6 Å². The average molecular weight is 158 g/mol. The lowest BCUT2D eigenvalue weighted by Crippen LogP contribution is -2.06. The summed E-state index contributed by atoms with van der Waals surface area (Å²) in [6.45, 7) is 1.99. The summed E-state index contributed by atoms with van der Waals surface area (Å²) in [5.74, 6) is 0. The molecule has 1 aliphatic rings.